The van der Waals surface area contributed by atoms with E-state index < -0.39 is 28.7 Å². The summed E-state index contributed by atoms with van der Waals surface area (Å²) in [7, 11) is 0. The van der Waals surface area contributed by atoms with Gasteiger partial charge in [-0.25, -0.2) is 4.79 Å². The van der Waals surface area contributed by atoms with E-state index in [1.165, 1.54) is 18.3 Å². The van der Waals surface area contributed by atoms with E-state index in [1.807, 2.05) is 12.1 Å². The topological polar surface area (TPSA) is 161 Å². The summed E-state index contributed by atoms with van der Waals surface area (Å²) in [6, 6.07) is 17.1. The largest absolute Gasteiger partial charge is 0.494 e. The van der Waals surface area contributed by atoms with Gasteiger partial charge in [0.15, 0.2) is 0 Å². The van der Waals surface area contributed by atoms with Crippen LogP contribution in [0.3, 0.4) is 0 Å². The number of unbranched alkanes of at least 4 members (excludes halogenated alkanes) is 3. The molecule has 3 aromatic carbocycles. The average molecular weight is 778 g/mol. The predicted octanol–water partition coefficient (Wildman–Crippen LogP) is 8.83. The zero-order valence-electron chi connectivity index (χ0n) is 29.1. The van der Waals surface area contributed by atoms with E-state index in [0.29, 0.717) is 48.1 Å². The van der Waals surface area contributed by atoms with Crippen molar-refractivity contribution in [1.82, 2.24) is 15.6 Å². The molecule has 4 N–H and O–H groups in total. The number of nitrogens with one attached hydrogen (secondary N) is 4. The molecule has 6 rings (SSSR count). The molecule has 0 spiro atoms. The molecule has 0 bridgehead atoms. The number of ether oxygens (including phenoxy) is 2. The summed E-state index contributed by atoms with van der Waals surface area (Å²) >= 11 is 5.63. The normalized spacial score (nSPS) is 14.3. The van der Waals surface area contributed by atoms with Gasteiger partial charge >= 0.3 is 12.2 Å². The van der Waals surface area contributed by atoms with Gasteiger partial charge in [0.05, 0.1) is 29.4 Å². The number of hydrogen-bond donors (Lipinski definition) is 4. The number of imide groups is 1. The fourth-order valence-electron chi connectivity index (χ4n) is 5.90. The smallest absolute Gasteiger partial charge is 0.417 e. The number of fused-ring (bicyclic) bond motifs is 1. The van der Waals surface area contributed by atoms with Crippen LogP contribution in [0, 0.1) is 0 Å². The van der Waals surface area contributed by atoms with Crippen molar-refractivity contribution in [2.75, 3.05) is 23.8 Å². The molecule has 5 amide bonds. The van der Waals surface area contributed by atoms with Crippen molar-refractivity contribution in [1.29, 1.82) is 0 Å². The van der Waals surface area contributed by atoms with Crippen molar-refractivity contribution in [2.24, 2.45) is 0 Å². The molecule has 1 unspecified atom stereocenters. The Kier molecular flexibility index (Phi) is 12.2. The lowest BCUT2D eigenvalue weighted by molar-refractivity contribution is -0.137. The molecule has 55 heavy (non-hydrogen) atoms. The van der Waals surface area contributed by atoms with Crippen LogP contribution >= 0.6 is 11.6 Å². The summed E-state index contributed by atoms with van der Waals surface area (Å²) in [5.41, 5.74) is 0.761. The highest BCUT2D eigenvalue weighted by molar-refractivity contribution is 6.31. The van der Waals surface area contributed by atoms with E-state index in [2.05, 4.69) is 26.3 Å². The van der Waals surface area contributed by atoms with Crippen LogP contribution in [0.1, 0.15) is 66.1 Å². The van der Waals surface area contributed by atoms with E-state index in [1.54, 1.807) is 42.7 Å². The molecule has 0 aliphatic carbocycles. The summed E-state index contributed by atoms with van der Waals surface area (Å²) in [6.45, 7) is 0.949. The summed E-state index contributed by atoms with van der Waals surface area (Å²) < 4.78 is 56.8. The molecule has 0 saturated carbocycles. The Bertz CT molecular complexity index is 2190. The van der Waals surface area contributed by atoms with Gasteiger partial charge in [-0.1, -0.05) is 24.4 Å². The van der Waals surface area contributed by atoms with E-state index in [9.17, 15) is 32.3 Å². The number of anilines is 2. The van der Waals surface area contributed by atoms with Crippen LogP contribution < -0.4 is 30.7 Å². The van der Waals surface area contributed by atoms with Crippen molar-refractivity contribution in [3.63, 3.8) is 0 Å². The highest BCUT2D eigenvalue weighted by Gasteiger charge is 2.33. The second-order valence-corrected chi connectivity index (χ2v) is 13.1. The number of benzene rings is 3. The molecule has 1 aliphatic rings. The number of carbonyl (C=O) groups is 4. The lowest BCUT2D eigenvalue weighted by Gasteiger charge is -2.19. The molecular formula is C39H35ClF3N5O7. The standard InChI is InChI=1S/C39H35ClF3N5O7/c40-32-12-7-24(19-31(32)39(41,42)43)47-38(52)46-23-5-8-25(9-6-23)55-27-15-17-44-33(21-27)37(51)45-16-3-1-2-4-18-53-26-10-13-34-29(20-26)30(22-54-34)28-11-14-35(49)48-36(28)50/h5-10,12-13,15,17,19-22,28H,1-4,11,14,16,18H2,(H,45,51)(H2,46,47,52)(H,48,49,50). The van der Waals surface area contributed by atoms with E-state index in [0.717, 1.165) is 48.8 Å². The number of halogens is 4. The number of amides is 5. The van der Waals surface area contributed by atoms with E-state index in [4.69, 9.17) is 25.5 Å². The third-order valence-electron chi connectivity index (χ3n) is 8.66. The molecule has 12 nitrogen and oxygen atoms in total. The first-order valence-corrected chi connectivity index (χ1v) is 17.8. The van der Waals surface area contributed by atoms with Crippen molar-refractivity contribution in [2.45, 2.75) is 50.6 Å². The van der Waals surface area contributed by atoms with Crippen LogP contribution in [0.15, 0.2) is 89.7 Å². The van der Waals surface area contributed by atoms with Gasteiger partial charge in [0.2, 0.25) is 11.8 Å². The Balaban J connectivity index is 0.887. The molecule has 286 valence electrons. The number of hydrogen-bond acceptors (Lipinski definition) is 8. The number of pyridine rings is 1. The molecule has 0 radical (unpaired) electrons. The Morgan fingerprint density at radius 2 is 1.64 bits per heavy atom. The Labute approximate surface area is 317 Å². The third-order valence-corrected chi connectivity index (χ3v) is 8.99. The number of piperidine rings is 1. The minimum Gasteiger partial charge on any atom is -0.494 e. The fourth-order valence-corrected chi connectivity index (χ4v) is 6.12. The lowest BCUT2D eigenvalue weighted by Crippen LogP contribution is -2.39. The monoisotopic (exact) mass is 777 g/mol. The third kappa shape index (κ3) is 10.3. The van der Waals surface area contributed by atoms with Crippen LogP contribution in [0.4, 0.5) is 29.3 Å². The molecule has 2 aromatic heterocycles. The Hall–Kier alpha value is -6.09. The summed E-state index contributed by atoms with van der Waals surface area (Å²) in [5.74, 6) is 0.0343. The SMILES string of the molecule is O=C1CCC(c2coc3ccc(OCCCCCCNC(=O)c4cc(Oc5ccc(NC(=O)Nc6ccc(Cl)c(C(F)(F)F)c6)cc5)ccn4)cc23)C(=O)N1. The number of rotatable bonds is 14. The van der Waals surface area contributed by atoms with Crippen LogP contribution in [-0.2, 0) is 15.8 Å². The van der Waals surface area contributed by atoms with Gasteiger partial charge in [0, 0.05) is 47.6 Å². The van der Waals surface area contributed by atoms with Crippen molar-refractivity contribution < 1.29 is 46.2 Å². The summed E-state index contributed by atoms with van der Waals surface area (Å²) in [4.78, 5) is 53.1. The fraction of sp³-hybridized carbons (Fsp3) is 0.256. The minimum atomic E-state index is -4.67. The average Bonchev–Trinajstić information content (AvgIpc) is 3.57. The first-order valence-electron chi connectivity index (χ1n) is 17.4. The van der Waals surface area contributed by atoms with Gasteiger partial charge in [0.25, 0.3) is 5.91 Å². The highest BCUT2D eigenvalue weighted by Crippen LogP contribution is 2.37. The van der Waals surface area contributed by atoms with Crippen molar-refractivity contribution >= 4 is 57.7 Å². The number of alkyl halides is 3. The molecule has 5 aromatic rings. The van der Waals surface area contributed by atoms with Gasteiger partial charge in [-0.15, -0.1) is 0 Å². The molecule has 1 atom stereocenters. The summed E-state index contributed by atoms with van der Waals surface area (Å²) in [5, 5.41) is 10.4. The molecule has 16 heteroatoms. The number of nitrogens with zero attached hydrogens (tertiary/aromatic N) is 1. The van der Waals surface area contributed by atoms with E-state index >= 15 is 0 Å². The van der Waals surface area contributed by atoms with Crippen LogP contribution in [0.2, 0.25) is 5.02 Å². The van der Waals surface area contributed by atoms with Crippen molar-refractivity contribution in [3.05, 3.63) is 107 Å². The first kappa shape index (κ1) is 38.6. The first-order chi connectivity index (χ1) is 26.4. The zero-order chi connectivity index (χ0) is 39.0. The van der Waals surface area contributed by atoms with Gasteiger partial charge in [-0.2, -0.15) is 13.2 Å². The maximum atomic E-state index is 13.1. The van der Waals surface area contributed by atoms with Crippen LogP contribution in [-0.4, -0.2) is 41.9 Å². The van der Waals surface area contributed by atoms with Gasteiger partial charge < -0.3 is 29.8 Å². The van der Waals surface area contributed by atoms with E-state index in [-0.39, 0.29) is 35.5 Å². The van der Waals surface area contributed by atoms with Gasteiger partial charge in [-0.05, 0) is 86.0 Å². The zero-order valence-corrected chi connectivity index (χ0v) is 29.9. The molecule has 3 heterocycles. The predicted molar refractivity (Wildman–Crippen MR) is 197 cm³/mol. The van der Waals surface area contributed by atoms with Gasteiger partial charge in [-0.3, -0.25) is 24.7 Å². The van der Waals surface area contributed by atoms with Crippen molar-refractivity contribution in [3.8, 4) is 17.2 Å². The minimum absolute atomic E-state index is 0.0832. The lowest BCUT2D eigenvalue weighted by atomic mass is 9.90. The van der Waals surface area contributed by atoms with Gasteiger partial charge in [0.1, 0.15) is 28.5 Å². The number of carbonyl (C=O) groups excluding carboxylic acids is 4. The quantitative estimate of drug-likeness (QED) is 0.0643. The Morgan fingerprint density at radius 1 is 0.891 bits per heavy atom. The maximum Gasteiger partial charge on any atom is 0.417 e. The highest BCUT2D eigenvalue weighted by atomic mass is 35.5. The second kappa shape index (κ2) is 17.4. The molecule has 1 fully saturated rings. The van der Waals surface area contributed by atoms with Crippen LogP contribution in [0.25, 0.3) is 11.0 Å². The number of furan rings is 1. The second-order valence-electron chi connectivity index (χ2n) is 12.6. The number of urea groups is 1. The molecule has 1 aliphatic heterocycles. The van der Waals surface area contributed by atoms with Crippen LogP contribution in [0.5, 0.6) is 17.2 Å². The summed E-state index contributed by atoms with van der Waals surface area (Å²) in [6.07, 6.45) is 2.37. The maximum absolute atomic E-state index is 13.1. The molecule has 1 saturated heterocycles. The Morgan fingerprint density at radius 3 is 2.42 bits per heavy atom. The molecular weight excluding hydrogens is 743 g/mol. The number of aromatic nitrogens is 1.